The lowest BCUT2D eigenvalue weighted by Crippen LogP contribution is -2.29. The van der Waals surface area contributed by atoms with Crippen LogP contribution in [0.15, 0.2) is 83.6 Å². The topological polar surface area (TPSA) is 73.9 Å². The molecule has 0 spiro atoms. The number of dihydropyridines is 1. The summed E-state index contributed by atoms with van der Waals surface area (Å²) < 4.78 is 17.5. The van der Waals surface area contributed by atoms with Crippen molar-refractivity contribution in [1.29, 1.82) is 0 Å². The van der Waals surface area contributed by atoms with Crippen molar-refractivity contribution in [2.24, 2.45) is 0 Å². The maximum atomic E-state index is 13.7. The summed E-state index contributed by atoms with van der Waals surface area (Å²) in [4.78, 5) is 26.9. The van der Waals surface area contributed by atoms with Gasteiger partial charge in [-0.3, -0.25) is 4.79 Å². The first-order chi connectivity index (χ1) is 18.4. The molecule has 0 bridgehead atoms. The number of benzene rings is 3. The van der Waals surface area contributed by atoms with E-state index in [-0.39, 0.29) is 19.0 Å². The maximum absolute atomic E-state index is 13.7. The third-order valence-corrected chi connectivity index (χ3v) is 7.05. The van der Waals surface area contributed by atoms with E-state index in [2.05, 4.69) is 5.32 Å². The highest BCUT2D eigenvalue weighted by Gasteiger charge is 2.43. The van der Waals surface area contributed by atoms with E-state index < -0.39 is 11.9 Å². The molecule has 1 atom stereocenters. The summed E-state index contributed by atoms with van der Waals surface area (Å²) in [5.74, 6) is -0.157. The maximum Gasteiger partial charge on any atom is 0.336 e. The van der Waals surface area contributed by atoms with Crippen molar-refractivity contribution in [1.82, 2.24) is 5.32 Å². The van der Waals surface area contributed by atoms with Gasteiger partial charge in [-0.25, -0.2) is 4.79 Å². The van der Waals surface area contributed by atoms with Crippen molar-refractivity contribution in [3.8, 4) is 11.5 Å². The molecule has 0 aromatic heterocycles. The summed E-state index contributed by atoms with van der Waals surface area (Å²) in [5.41, 5.74) is 5.31. The molecular weight excluding hydrogens is 502 g/mol. The Morgan fingerprint density at radius 3 is 2.39 bits per heavy atom. The Morgan fingerprint density at radius 2 is 1.66 bits per heavy atom. The fourth-order valence-electron chi connectivity index (χ4n) is 5.00. The minimum Gasteiger partial charge on any atom is -0.490 e. The van der Waals surface area contributed by atoms with Crippen molar-refractivity contribution < 1.29 is 23.8 Å². The van der Waals surface area contributed by atoms with E-state index in [0.717, 1.165) is 22.4 Å². The number of rotatable bonds is 8. The average molecular weight is 530 g/mol. The van der Waals surface area contributed by atoms with Gasteiger partial charge in [0.1, 0.15) is 6.61 Å². The molecule has 1 aliphatic carbocycles. The summed E-state index contributed by atoms with van der Waals surface area (Å²) in [6, 6.07) is 20.5. The number of nitrogens with one attached hydrogen (secondary N) is 1. The van der Waals surface area contributed by atoms with Gasteiger partial charge in [-0.1, -0.05) is 60.1 Å². The van der Waals surface area contributed by atoms with Crippen molar-refractivity contribution >= 4 is 29.1 Å². The van der Waals surface area contributed by atoms with Gasteiger partial charge in [0.05, 0.1) is 24.5 Å². The molecule has 1 aliphatic heterocycles. The first kappa shape index (κ1) is 25.6. The van der Waals surface area contributed by atoms with Gasteiger partial charge in [-0.05, 0) is 44.5 Å². The highest BCUT2D eigenvalue weighted by Crippen LogP contribution is 2.48. The smallest absolute Gasteiger partial charge is 0.336 e. The number of esters is 1. The van der Waals surface area contributed by atoms with E-state index in [1.165, 1.54) is 0 Å². The predicted molar refractivity (Wildman–Crippen MR) is 146 cm³/mol. The first-order valence-corrected chi connectivity index (χ1v) is 13.0. The molecule has 0 unspecified atom stereocenters. The monoisotopic (exact) mass is 529 g/mol. The summed E-state index contributed by atoms with van der Waals surface area (Å²) in [5, 5.41) is 3.94. The number of carbonyl (C=O) groups excluding carboxylic acids is 2. The molecule has 0 radical (unpaired) electrons. The zero-order chi connectivity index (χ0) is 26.8. The van der Waals surface area contributed by atoms with Gasteiger partial charge in [0.25, 0.3) is 0 Å². The molecular formula is C31H28ClNO5. The van der Waals surface area contributed by atoms with Crippen LogP contribution in [0.4, 0.5) is 0 Å². The molecule has 2 aliphatic rings. The Hall–Kier alpha value is -4.03. The minimum absolute atomic E-state index is 0.112. The van der Waals surface area contributed by atoms with Gasteiger partial charge >= 0.3 is 5.97 Å². The van der Waals surface area contributed by atoms with Crippen molar-refractivity contribution in [3.05, 3.63) is 111 Å². The highest BCUT2D eigenvalue weighted by molar-refractivity contribution is 6.31. The summed E-state index contributed by atoms with van der Waals surface area (Å²) >= 11 is 6.30. The molecule has 6 nitrogen and oxygen atoms in total. The van der Waals surface area contributed by atoms with E-state index in [9.17, 15) is 9.59 Å². The van der Waals surface area contributed by atoms with Crippen LogP contribution in [0.1, 0.15) is 53.7 Å². The molecule has 3 aromatic rings. The largest absolute Gasteiger partial charge is 0.490 e. The van der Waals surface area contributed by atoms with Crippen LogP contribution in [0.25, 0.3) is 5.70 Å². The Morgan fingerprint density at radius 1 is 0.921 bits per heavy atom. The second-order valence-corrected chi connectivity index (χ2v) is 9.41. The number of halogens is 1. The zero-order valence-electron chi connectivity index (χ0n) is 21.5. The summed E-state index contributed by atoms with van der Waals surface area (Å²) in [6.07, 6.45) is 0. The van der Waals surface area contributed by atoms with Crippen LogP contribution >= 0.6 is 11.6 Å². The number of hydrogen-bond donors (Lipinski definition) is 1. The third kappa shape index (κ3) is 4.56. The third-order valence-electron chi connectivity index (χ3n) is 6.69. The second-order valence-electron chi connectivity index (χ2n) is 9.00. The van der Waals surface area contributed by atoms with Gasteiger partial charge in [0, 0.05) is 38.9 Å². The molecule has 38 heavy (non-hydrogen) atoms. The fourth-order valence-corrected chi connectivity index (χ4v) is 5.19. The Labute approximate surface area is 226 Å². The minimum atomic E-state index is -0.637. The normalized spacial score (nSPS) is 16.1. The molecule has 5 rings (SSSR count). The van der Waals surface area contributed by atoms with E-state index in [1.807, 2.05) is 80.6 Å². The molecule has 7 heteroatoms. The van der Waals surface area contributed by atoms with E-state index >= 15 is 0 Å². The van der Waals surface area contributed by atoms with Crippen LogP contribution in [0.5, 0.6) is 11.5 Å². The number of allylic oxidation sites excluding steroid dienone is 2. The summed E-state index contributed by atoms with van der Waals surface area (Å²) in [6.45, 7) is 6.39. The molecule has 1 N–H and O–H groups in total. The first-order valence-electron chi connectivity index (χ1n) is 12.6. The van der Waals surface area contributed by atoms with Crippen LogP contribution < -0.4 is 14.8 Å². The molecule has 0 fully saturated rings. The van der Waals surface area contributed by atoms with E-state index in [1.54, 1.807) is 6.92 Å². The SMILES string of the molecule is CCOC(=O)C1=C(C)NC2=C(C(=O)c3ccccc32)[C@H]1c1ccc(OCc2ccccc2Cl)c(OCC)c1. The van der Waals surface area contributed by atoms with Gasteiger partial charge in [0.2, 0.25) is 0 Å². The van der Waals surface area contributed by atoms with Gasteiger partial charge in [-0.15, -0.1) is 0 Å². The standard InChI is InChI=1S/C31H28ClNO5/c1-4-36-25-16-19(14-15-24(25)38-17-20-10-6-9-13-23(20)32)27-26(31(35)37-5-2)18(3)33-29-21-11-7-8-12-22(21)30(34)28(27)29/h6-16,27,33H,4-5,17H2,1-3H3/t27-/m0/s1. The van der Waals surface area contributed by atoms with Crippen LogP contribution in [0.2, 0.25) is 5.02 Å². The average Bonchev–Trinajstić information content (AvgIpc) is 3.19. The number of carbonyl (C=O) groups is 2. The van der Waals surface area contributed by atoms with Gasteiger partial charge in [0.15, 0.2) is 17.3 Å². The Bertz CT molecular complexity index is 1490. The van der Waals surface area contributed by atoms with E-state index in [4.69, 9.17) is 25.8 Å². The quantitative estimate of drug-likeness (QED) is 0.338. The number of fused-ring (bicyclic) bond motifs is 2. The molecule has 0 amide bonds. The Balaban J connectivity index is 1.58. The lowest BCUT2D eigenvalue weighted by atomic mass is 9.79. The van der Waals surface area contributed by atoms with Gasteiger partial charge in [-0.2, -0.15) is 0 Å². The fraction of sp³-hybridized carbons (Fsp3) is 0.226. The number of ketones is 1. The van der Waals surface area contributed by atoms with Crippen LogP contribution in [0.3, 0.4) is 0 Å². The lowest BCUT2D eigenvalue weighted by Gasteiger charge is -2.29. The molecule has 1 heterocycles. The number of Topliss-reactive ketones (excluding diaryl/α,β-unsaturated/α-hetero) is 1. The van der Waals surface area contributed by atoms with Crippen LogP contribution in [0, 0.1) is 0 Å². The van der Waals surface area contributed by atoms with Crippen molar-refractivity contribution in [2.45, 2.75) is 33.3 Å². The lowest BCUT2D eigenvalue weighted by molar-refractivity contribution is -0.138. The van der Waals surface area contributed by atoms with Crippen LogP contribution in [-0.4, -0.2) is 25.0 Å². The molecule has 0 saturated heterocycles. The number of ether oxygens (including phenoxy) is 3. The predicted octanol–water partition coefficient (Wildman–Crippen LogP) is 6.45. The Kier molecular flexibility index (Phi) is 7.25. The zero-order valence-corrected chi connectivity index (χ0v) is 22.2. The van der Waals surface area contributed by atoms with Gasteiger partial charge < -0.3 is 19.5 Å². The molecule has 3 aromatic carbocycles. The second kappa shape index (κ2) is 10.8. The van der Waals surface area contributed by atoms with E-state index in [0.29, 0.717) is 45.5 Å². The van der Waals surface area contributed by atoms with Crippen LogP contribution in [-0.2, 0) is 16.1 Å². The highest BCUT2D eigenvalue weighted by atomic mass is 35.5. The molecule has 0 saturated carbocycles. The summed E-state index contributed by atoms with van der Waals surface area (Å²) in [7, 11) is 0. The van der Waals surface area contributed by atoms with Crippen molar-refractivity contribution in [2.75, 3.05) is 13.2 Å². The number of hydrogen-bond acceptors (Lipinski definition) is 6. The van der Waals surface area contributed by atoms with Crippen molar-refractivity contribution in [3.63, 3.8) is 0 Å². The molecule has 194 valence electrons.